The van der Waals surface area contributed by atoms with Crippen LogP contribution in [0.25, 0.3) is 46.4 Å². The summed E-state index contributed by atoms with van der Waals surface area (Å²) in [6.45, 7) is 0. The van der Waals surface area contributed by atoms with Gasteiger partial charge in [0, 0.05) is 28.0 Å². The topological polar surface area (TPSA) is 57.4 Å². The van der Waals surface area contributed by atoms with Gasteiger partial charge in [0.15, 0.2) is 0 Å². The maximum atomic E-state index is 4.92. The molecule has 6 aliphatic rings. The van der Waals surface area contributed by atoms with E-state index in [1.807, 2.05) is 0 Å². The van der Waals surface area contributed by atoms with Gasteiger partial charge >= 0.3 is 0 Å². The molecule has 0 saturated carbocycles. The van der Waals surface area contributed by atoms with Crippen molar-refractivity contribution >= 4 is 46.4 Å². The van der Waals surface area contributed by atoms with E-state index in [9.17, 15) is 0 Å². The minimum absolute atomic E-state index is 0.195. The van der Waals surface area contributed by atoms with Crippen molar-refractivity contribution in [2.75, 3.05) is 0 Å². The Balaban J connectivity index is 1.37. The molecule has 0 fully saturated rings. The van der Waals surface area contributed by atoms with Crippen LogP contribution < -0.4 is 0 Å². The number of aryl methyl sites for hydroxylation is 2. The normalized spacial score (nSPS) is 15.8. The predicted molar refractivity (Wildman–Crippen MR) is 165 cm³/mol. The van der Waals surface area contributed by atoms with Gasteiger partial charge < -0.3 is 9.97 Å². The molecule has 2 aliphatic heterocycles. The van der Waals surface area contributed by atoms with E-state index in [-0.39, 0.29) is 5.92 Å². The van der Waals surface area contributed by atoms with Crippen LogP contribution in [0.15, 0.2) is 91.0 Å². The molecule has 3 aromatic heterocycles. The maximum absolute atomic E-state index is 4.92. The van der Waals surface area contributed by atoms with Crippen LogP contribution in [-0.2, 0) is 19.3 Å². The standard InChI is InChI=1S/C36H28N4/c1-2-24-7-9-26(10-8-24)34(17-25-5-3-23(1)4-6-25)35-21-33-20-31-14-13-29(38-31)18-27-11-12-28(37-27)19-30-15-16-32(39-30)22-36(35)40-33/h3-16,18-22,34,37,40H,1-2,17H2. The lowest BCUT2D eigenvalue weighted by Gasteiger charge is -2.19. The van der Waals surface area contributed by atoms with Crippen LogP contribution >= 0.6 is 0 Å². The van der Waals surface area contributed by atoms with E-state index in [4.69, 9.17) is 9.97 Å². The van der Waals surface area contributed by atoms with Gasteiger partial charge in [-0.2, -0.15) is 0 Å². The highest BCUT2D eigenvalue weighted by Crippen LogP contribution is 2.34. The lowest BCUT2D eigenvalue weighted by Crippen LogP contribution is -2.06. The van der Waals surface area contributed by atoms with E-state index >= 15 is 0 Å². The smallest absolute Gasteiger partial charge is 0.0658 e. The van der Waals surface area contributed by atoms with Gasteiger partial charge in [0.05, 0.1) is 22.8 Å². The van der Waals surface area contributed by atoms with Gasteiger partial charge in [-0.3, -0.25) is 0 Å². The second-order valence-corrected chi connectivity index (χ2v) is 10.9. The average Bonchev–Trinajstić information content (AvgIpc) is 3.76. The molecule has 1 atom stereocenters. The molecule has 2 aromatic carbocycles. The molecule has 192 valence electrons. The number of nitrogens with one attached hydrogen (secondary N) is 2. The molecule has 0 radical (unpaired) electrons. The van der Waals surface area contributed by atoms with Crippen molar-refractivity contribution in [3.63, 3.8) is 0 Å². The third-order valence-corrected chi connectivity index (χ3v) is 8.12. The van der Waals surface area contributed by atoms with Crippen molar-refractivity contribution in [3.8, 4) is 0 Å². The number of benzene rings is 2. The Hall–Kier alpha value is -4.96. The first-order chi connectivity index (χ1) is 19.7. The summed E-state index contributed by atoms with van der Waals surface area (Å²) in [6, 6.07) is 33.4. The molecular weight excluding hydrogens is 488 g/mol. The molecule has 4 heteroatoms. The second kappa shape index (κ2) is 9.35. The second-order valence-electron chi connectivity index (χ2n) is 10.9. The first-order valence-corrected chi connectivity index (χ1v) is 14.0. The van der Waals surface area contributed by atoms with Crippen molar-refractivity contribution in [3.05, 3.63) is 142 Å². The Morgan fingerprint density at radius 1 is 0.500 bits per heavy atom. The zero-order valence-corrected chi connectivity index (χ0v) is 22.1. The summed E-state index contributed by atoms with van der Waals surface area (Å²) in [4.78, 5) is 16.9. The van der Waals surface area contributed by atoms with Crippen LogP contribution in [0.1, 0.15) is 56.5 Å². The Bertz CT molecular complexity index is 1970. The number of aromatic amines is 2. The highest BCUT2D eigenvalue weighted by Gasteiger charge is 2.20. The molecule has 0 spiro atoms. The van der Waals surface area contributed by atoms with Crippen molar-refractivity contribution in [1.29, 1.82) is 0 Å². The van der Waals surface area contributed by atoms with Crippen molar-refractivity contribution in [2.24, 2.45) is 0 Å². The van der Waals surface area contributed by atoms with Gasteiger partial charge in [-0.15, -0.1) is 0 Å². The minimum Gasteiger partial charge on any atom is -0.355 e. The fourth-order valence-electron chi connectivity index (χ4n) is 6.02. The number of hydrogen-bond donors (Lipinski definition) is 2. The summed E-state index contributed by atoms with van der Waals surface area (Å²) in [7, 11) is 0. The molecule has 40 heavy (non-hydrogen) atoms. The van der Waals surface area contributed by atoms with Gasteiger partial charge in [-0.25, -0.2) is 9.97 Å². The van der Waals surface area contributed by atoms with Crippen molar-refractivity contribution in [2.45, 2.75) is 25.2 Å². The van der Waals surface area contributed by atoms with Crippen LogP contribution in [0.3, 0.4) is 0 Å². The third-order valence-electron chi connectivity index (χ3n) is 8.12. The monoisotopic (exact) mass is 516 g/mol. The Labute approximate surface area is 232 Å². The first-order valence-electron chi connectivity index (χ1n) is 14.0. The van der Waals surface area contributed by atoms with Crippen LogP contribution in [0.4, 0.5) is 0 Å². The van der Waals surface area contributed by atoms with Crippen molar-refractivity contribution < 1.29 is 0 Å². The molecule has 11 rings (SSSR count). The zero-order chi connectivity index (χ0) is 26.5. The molecule has 0 amide bonds. The van der Waals surface area contributed by atoms with Gasteiger partial charge in [0.25, 0.3) is 0 Å². The summed E-state index contributed by atoms with van der Waals surface area (Å²) < 4.78 is 0. The van der Waals surface area contributed by atoms with Crippen LogP contribution in [0.5, 0.6) is 0 Å². The van der Waals surface area contributed by atoms with E-state index in [0.717, 1.165) is 64.1 Å². The summed E-state index contributed by atoms with van der Waals surface area (Å²) in [6.07, 6.45) is 11.4. The van der Waals surface area contributed by atoms with Gasteiger partial charge in [-0.1, -0.05) is 48.5 Å². The molecule has 5 aromatic rings. The van der Waals surface area contributed by atoms with Crippen LogP contribution in [0.2, 0.25) is 0 Å². The molecule has 12 bridgehead atoms. The zero-order valence-electron chi connectivity index (χ0n) is 22.1. The SMILES string of the molecule is C1=Cc2cc3cc(C4Cc5ccc(cc5)CCc5ccc4cc5)c(cc4nc(cc5ccc(cc1n2)[nH]5)C=C4)[nH]3. The molecule has 1 unspecified atom stereocenters. The first kappa shape index (κ1) is 23.0. The summed E-state index contributed by atoms with van der Waals surface area (Å²) in [5, 5.41) is 0. The number of fused-ring (bicyclic) bond motifs is 8. The molecular formula is C36H28N4. The van der Waals surface area contributed by atoms with Gasteiger partial charge in [-0.05, 0) is 114 Å². The van der Waals surface area contributed by atoms with Crippen LogP contribution in [0, 0.1) is 0 Å². The number of aromatic nitrogens is 4. The molecule has 5 heterocycles. The summed E-state index contributed by atoms with van der Waals surface area (Å²) in [5.74, 6) is 0.195. The number of rotatable bonds is 1. The van der Waals surface area contributed by atoms with Gasteiger partial charge in [0.1, 0.15) is 0 Å². The fraction of sp³-hybridized carbons (Fsp3) is 0.111. The minimum atomic E-state index is 0.195. The predicted octanol–water partition coefficient (Wildman–Crippen LogP) is 8.13. The Kier molecular flexibility index (Phi) is 5.37. The maximum Gasteiger partial charge on any atom is 0.0658 e. The molecule has 2 N–H and O–H groups in total. The lowest BCUT2D eigenvalue weighted by molar-refractivity contribution is 0.807. The average molecular weight is 517 g/mol. The summed E-state index contributed by atoms with van der Waals surface area (Å²) in [5.41, 5.74) is 14.6. The fourth-order valence-corrected chi connectivity index (χ4v) is 6.02. The van der Waals surface area contributed by atoms with Gasteiger partial charge in [0.2, 0.25) is 0 Å². The third kappa shape index (κ3) is 4.48. The van der Waals surface area contributed by atoms with E-state index in [0.29, 0.717) is 0 Å². The number of H-pyrrole nitrogens is 2. The van der Waals surface area contributed by atoms with Crippen molar-refractivity contribution in [1.82, 2.24) is 19.9 Å². The molecule has 4 aliphatic carbocycles. The highest BCUT2D eigenvalue weighted by atomic mass is 14.8. The molecule has 4 nitrogen and oxygen atoms in total. The van der Waals surface area contributed by atoms with E-state index in [1.54, 1.807) is 0 Å². The number of hydrogen-bond acceptors (Lipinski definition) is 2. The van der Waals surface area contributed by atoms with E-state index in [1.165, 1.54) is 27.8 Å². The Morgan fingerprint density at radius 3 is 1.65 bits per heavy atom. The van der Waals surface area contributed by atoms with Crippen LogP contribution in [-0.4, -0.2) is 19.9 Å². The Morgan fingerprint density at radius 2 is 1.02 bits per heavy atom. The lowest BCUT2D eigenvalue weighted by atomic mass is 9.84. The largest absolute Gasteiger partial charge is 0.355 e. The summed E-state index contributed by atoms with van der Waals surface area (Å²) >= 11 is 0. The van der Waals surface area contributed by atoms with E-state index in [2.05, 4.69) is 125 Å². The highest BCUT2D eigenvalue weighted by molar-refractivity contribution is 5.79. The number of nitrogens with zero attached hydrogens (tertiary/aromatic N) is 2. The molecule has 0 saturated heterocycles. The van der Waals surface area contributed by atoms with E-state index < -0.39 is 0 Å². The quantitative estimate of drug-likeness (QED) is 0.231.